The fourth-order valence-corrected chi connectivity index (χ4v) is 2.60. The molecular formula is C18H28N6O4. The van der Waals surface area contributed by atoms with Crippen LogP contribution in [-0.2, 0) is 9.53 Å². The molecule has 1 aliphatic rings. The number of piperazine rings is 1. The molecule has 0 bridgehead atoms. The minimum Gasteiger partial charge on any atom is -0.444 e. The van der Waals surface area contributed by atoms with Crippen molar-refractivity contribution >= 4 is 30.1 Å². The third kappa shape index (κ3) is 6.07. The maximum absolute atomic E-state index is 12.3. The van der Waals surface area contributed by atoms with E-state index in [9.17, 15) is 14.4 Å². The van der Waals surface area contributed by atoms with Gasteiger partial charge in [0, 0.05) is 38.9 Å². The number of nitrogens with zero attached hydrogens (tertiary/aromatic N) is 4. The van der Waals surface area contributed by atoms with Crippen molar-refractivity contribution in [2.75, 3.05) is 49.9 Å². The Morgan fingerprint density at radius 2 is 2.07 bits per heavy atom. The minimum absolute atomic E-state index is 0.00736. The predicted octanol–water partition coefficient (Wildman–Crippen LogP) is 1.21. The average Bonchev–Trinajstić information content (AvgIpc) is 2.62. The molecule has 0 spiro atoms. The average molecular weight is 392 g/mol. The van der Waals surface area contributed by atoms with Crippen LogP contribution in [0.1, 0.15) is 38.1 Å². The summed E-state index contributed by atoms with van der Waals surface area (Å²) in [7, 11) is 0. The highest BCUT2D eigenvalue weighted by molar-refractivity contribution is 5.84. The van der Waals surface area contributed by atoms with Crippen LogP contribution in [0.3, 0.4) is 0 Å². The van der Waals surface area contributed by atoms with Gasteiger partial charge in [-0.2, -0.15) is 4.98 Å². The Labute approximate surface area is 164 Å². The second-order valence-electron chi connectivity index (χ2n) is 7.36. The molecule has 154 valence electrons. The van der Waals surface area contributed by atoms with E-state index in [0.717, 1.165) is 0 Å². The van der Waals surface area contributed by atoms with Crippen molar-refractivity contribution in [2.24, 2.45) is 0 Å². The van der Waals surface area contributed by atoms with Crippen molar-refractivity contribution in [1.29, 1.82) is 0 Å². The molecule has 10 nitrogen and oxygen atoms in total. The third-order valence-electron chi connectivity index (χ3n) is 3.92. The van der Waals surface area contributed by atoms with E-state index < -0.39 is 11.7 Å². The van der Waals surface area contributed by atoms with Gasteiger partial charge in [-0.15, -0.1) is 0 Å². The van der Waals surface area contributed by atoms with Gasteiger partial charge in [0.25, 0.3) is 0 Å². The van der Waals surface area contributed by atoms with Crippen LogP contribution in [0.25, 0.3) is 0 Å². The van der Waals surface area contributed by atoms with Crippen molar-refractivity contribution in [3.63, 3.8) is 0 Å². The fourth-order valence-electron chi connectivity index (χ4n) is 2.60. The van der Waals surface area contributed by atoms with Gasteiger partial charge in [0.15, 0.2) is 6.29 Å². The molecule has 1 saturated heterocycles. The van der Waals surface area contributed by atoms with Gasteiger partial charge in [0.05, 0.1) is 5.56 Å². The van der Waals surface area contributed by atoms with Gasteiger partial charge in [-0.1, -0.05) is 0 Å². The predicted molar refractivity (Wildman–Crippen MR) is 104 cm³/mol. The smallest absolute Gasteiger partial charge is 0.410 e. The Kier molecular flexibility index (Phi) is 7.13. The first-order valence-electron chi connectivity index (χ1n) is 9.29. The van der Waals surface area contributed by atoms with E-state index in [2.05, 4.69) is 20.6 Å². The van der Waals surface area contributed by atoms with Gasteiger partial charge in [-0.05, 0) is 27.7 Å². The quantitative estimate of drug-likeness (QED) is 0.665. The highest BCUT2D eigenvalue weighted by atomic mass is 16.6. The molecular weight excluding hydrogens is 364 g/mol. The van der Waals surface area contributed by atoms with E-state index in [1.165, 1.54) is 11.1 Å². The number of ether oxygens (including phenoxy) is 1. The van der Waals surface area contributed by atoms with Gasteiger partial charge in [-0.25, -0.2) is 9.78 Å². The Balaban J connectivity index is 1.86. The van der Waals surface area contributed by atoms with Crippen molar-refractivity contribution in [1.82, 2.24) is 19.8 Å². The summed E-state index contributed by atoms with van der Waals surface area (Å²) in [6, 6.07) is 0. The number of hydrogen-bond acceptors (Lipinski definition) is 8. The zero-order valence-corrected chi connectivity index (χ0v) is 16.8. The zero-order chi connectivity index (χ0) is 20.7. The number of aldehydes is 1. The monoisotopic (exact) mass is 392 g/mol. The largest absolute Gasteiger partial charge is 0.444 e. The molecule has 1 fully saturated rings. The molecule has 1 aromatic heterocycles. The molecule has 0 aromatic carbocycles. The van der Waals surface area contributed by atoms with E-state index in [1.54, 1.807) is 25.7 Å². The van der Waals surface area contributed by atoms with E-state index in [4.69, 9.17) is 4.74 Å². The first-order valence-corrected chi connectivity index (χ1v) is 9.29. The standard InChI is InChI=1S/C18H28N6O4/c1-5-19-16-21-10-13(12-25)15(22-16)20-6-7-23-8-9-24(11-14(23)26)17(27)28-18(2,3)4/h10,12H,5-9,11H2,1-4H3,(H2,19,20,21,22). The van der Waals surface area contributed by atoms with Crippen LogP contribution in [0.15, 0.2) is 6.20 Å². The molecule has 28 heavy (non-hydrogen) atoms. The second kappa shape index (κ2) is 9.34. The topological polar surface area (TPSA) is 117 Å². The Morgan fingerprint density at radius 3 is 2.68 bits per heavy atom. The van der Waals surface area contributed by atoms with Crippen LogP contribution in [0.4, 0.5) is 16.6 Å². The summed E-state index contributed by atoms with van der Waals surface area (Å²) >= 11 is 0. The number of carbonyl (C=O) groups excluding carboxylic acids is 3. The highest BCUT2D eigenvalue weighted by Crippen LogP contribution is 2.14. The third-order valence-corrected chi connectivity index (χ3v) is 3.92. The molecule has 2 amide bonds. The zero-order valence-electron chi connectivity index (χ0n) is 16.8. The normalized spacial score (nSPS) is 14.6. The van der Waals surface area contributed by atoms with Crippen LogP contribution in [0, 0.1) is 0 Å². The molecule has 10 heteroatoms. The Morgan fingerprint density at radius 1 is 1.32 bits per heavy atom. The number of anilines is 2. The van der Waals surface area contributed by atoms with E-state index >= 15 is 0 Å². The Bertz CT molecular complexity index is 719. The fraction of sp³-hybridized carbons (Fsp3) is 0.611. The summed E-state index contributed by atoms with van der Waals surface area (Å²) in [5, 5.41) is 6.06. The molecule has 0 atom stereocenters. The molecule has 1 aromatic rings. The number of aromatic nitrogens is 2. The molecule has 1 aliphatic heterocycles. The molecule has 2 N–H and O–H groups in total. The lowest BCUT2D eigenvalue weighted by Crippen LogP contribution is -2.54. The van der Waals surface area contributed by atoms with Gasteiger partial charge in [0.2, 0.25) is 11.9 Å². The van der Waals surface area contributed by atoms with Crippen LogP contribution in [-0.4, -0.2) is 82.9 Å². The van der Waals surface area contributed by atoms with Crippen molar-refractivity contribution < 1.29 is 19.1 Å². The minimum atomic E-state index is -0.597. The first-order chi connectivity index (χ1) is 13.2. The Hall–Kier alpha value is -2.91. The van der Waals surface area contributed by atoms with Crippen LogP contribution >= 0.6 is 0 Å². The van der Waals surface area contributed by atoms with Crippen molar-refractivity contribution in [3.8, 4) is 0 Å². The summed E-state index contributed by atoms with van der Waals surface area (Å²) in [5.74, 6) is 0.698. The summed E-state index contributed by atoms with van der Waals surface area (Å²) < 4.78 is 5.31. The molecule has 2 heterocycles. The van der Waals surface area contributed by atoms with E-state index in [-0.39, 0.29) is 12.5 Å². The molecule has 0 aliphatic carbocycles. The lowest BCUT2D eigenvalue weighted by atomic mass is 10.2. The lowest BCUT2D eigenvalue weighted by Gasteiger charge is -2.35. The van der Waals surface area contributed by atoms with Gasteiger partial charge in [0.1, 0.15) is 18.0 Å². The summed E-state index contributed by atoms with van der Waals surface area (Å²) in [5.41, 5.74) is -0.247. The maximum atomic E-state index is 12.3. The highest BCUT2D eigenvalue weighted by Gasteiger charge is 2.29. The van der Waals surface area contributed by atoms with Crippen LogP contribution in [0.2, 0.25) is 0 Å². The van der Waals surface area contributed by atoms with Crippen LogP contribution < -0.4 is 10.6 Å². The molecule has 0 radical (unpaired) electrons. The van der Waals surface area contributed by atoms with E-state index in [1.807, 2.05) is 6.92 Å². The van der Waals surface area contributed by atoms with E-state index in [0.29, 0.717) is 56.3 Å². The summed E-state index contributed by atoms with van der Waals surface area (Å²) in [4.78, 5) is 47.0. The van der Waals surface area contributed by atoms with Gasteiger partial charge >= 0.3 is 6.09 Å². The number of amides is 2. The van der Waals surface area contributed by atoms with Gasteiger partial charge in [-0.3, -0.25) is 14.5 Å². The molecule has 2 rings (SSSR count). The number of nitrogens with one attached hydrogen (secondary N) is 2. The van der Waals surface area contributed by atoms with Crippen molar-refractivity contribution in [3.05, 3.63) is 11.8 Å². The maximum Gasteiger partial charge on any atom is 0.410 e. The van der Waals surface area contributed by atoms with Crippen LogP contribution in [0.5, 0.6) is 0 Å². The molecule has 0 saturated carbocycles. The first kappa shape index (κ1) is 21.4. The number of rotatable bonds is 7. The van der Waals surface area contributed by atoms with Gasteiger partial charge < -0.3 is 20.3 Å². The summed E-state index contributed by atoms with van der Waals surface area (Å²) in [6.07, 6.45) is 1.65. The summed E-state index contributed by atoms with van der Waals surface area (Å²) in [6.45, 7) is 9.63. The SMILES string of the molecule is CCNc1ncc(C=O)c(NCCN2CCN(C(=O)OC(C)(C)C)CC2=O)n1. The molecule has 0 unspecified atom stereocenters. The number of carbonyl (C=O) groups is 3. The van der Waals surface area contributed by atoms with Crippen molar-refractivity contribution in [2.45, 2.75) is 33.3 Å². The second-order valence-corrected chi connectivity index (χ2v) is 7.36. The number of hydrogen-bond donors (Lipinski definition) is 2. The lowest BCUT2D eigenvalue weighted by molar-refractivity contribution is -0.135.